The highest BCUT2D eigenvalue weighted by Gasteiger charge is 2.30. The van der Waals surface area contributed by atoms with E-state index >= 15 is 0 Å². The summed E-state index contributed by atoms with van der Waals surface area (Å²) < 4.78 is 2.31. The van der Waals surface area contributed by atoms with Crippen molar-refractivity contribution in [2.24, 2.45) is 0 Å². The number of hydrogen-bond donors (Lipinski definition) is 1. The summed E-state index contributed by atoms with van der Waals surface area (Å²) in [5.41, 5.74) is 0.126. The molecule has 0 amide bonds. The van der Waals surface area contributed by atoms with Crippen molar-refractivity contribution in [2.75, 3.05) is 6.54 Å². The molecule has 0 aliphatic carbocycles. The molecule has 2 heterocycles. The van der Waals surface area contributed by atoms with Gasteiger partial charge in [0.2, 0.25) is 0 Å². The first kappa shape index (κ1) is 11.6. The molecule has 1 aromatic heterocycles. The number of hydrogen-bond acceptors (Lipinski definition) is 3. The average molecular weight is 222 g/mol. The predicted octanol–water partition coefficient (Wildman–Crippen LogP) is 2.02. The van der Waals surface area contributed by atoms with E-state index in [-0.39, 0.29) is 5.41 Å². The van der Waals surface area contributed by atoms with E-state index in [1.165, 1.54) is 0 Å². The van der Waals surface area contributed by atoms with E-state index in [1.54, 1.807) is 0 Å². The Balaban J connectivity index is 2.40. The van der Waals surface area contributed by atoms with Gasteiger partial charge in [0.1, 0.15) is 11.6 Å². The molecule has 1 unspecified atom stereocenters. The van der Waals surface area contributed by atoms with Crippen LogP contribution in [0.4, 0.5) is 0 Å². The van der Waals surface area contributed by atoms with Gasteiger partial charge in [0, 0.05) is 18.5 Å². The van der Waals surface area contributed by atoms with Gasteiger partial charge in [-0.05, 0) is 12.8 Å². The Morgan fingerprint density at radius 1 is 1.38 bits per heavy atom. The zero-order chi connectivity index (χ0) is 11.8. The fourth-order valence-electron chi connectivity index (χ4n) is 2.22. The minimum atomic E-state index is 0.126. The van der Waals surface area contributed by atoms with Crippen LogP contribution in [0.3, 0.4) is 0 Å². The van der Waals surface area contributed by atoms with Crippen LogP contribution >= 0.6 is 0 Å². The van der Waals surface area contributed by atoms with Crippen LogP contribution in [0.25, 0.3) is 0 Å². The van der Waals surface area contributed by atoms with E-state index in [4.69, 9.17) is 0 Å². The van der Waals surface area contributed by atoms with E-state index in [0.717, 1.165) is 37.6 Å². The number of nitrogens with one attached hydrogen (secondary N) is 1. The Labute approximate surface area is 97.5 Å². The molecule has 0 radical (unpaired) electrons. The van der Waals surface area contributed by atoms with E-state index in [9.17, 15) is 0 Å². The van der Waals surface area contributed by atoms with Gasteiger partial charge in [-0.1, -0.05) is 27.7 Å². The van der Waals surface area contributed by atoms with Crippen LogP contribution in [0.1, 0.15) is 58.2 Å². The third-order valence-electron chi connectivity index (χ3n) is 3.71. The zero-order valence-electron chi connectivity index (χ0n) is 10.7. The van der Waals surface area contributed by atoms with Gasteiger partial charge in [-0.3, -0.25) is 0 Å². The Morgan fingerprint density at radius 2 is 2.12 bits per heavy atom. The molecule has 1 N–H and O–H groups in total. The SMILES string of the molecule is CCC1NCCn2c1nnc2C(C)(C)CC. The second-order valence-corrected chi connectivity index (χ2v) is 5.19. The summed E-state index contributed by atoms with van der Waals surface area (Å²) in [5, 5.41) is 12.3. The summed E-state index contributed by atoms with van der Waals surface area (Å²) in [6.45, 7) is 10.9. The maximum Gasteiger partial charge on any atom is 0.150 e. The summed E-state index contributed by atoms with van der Waals surface area (Å²) in [5.74, 6) is 2.26. The molecule has 0 fully saturated rings. The molecule has 16 heavy (non-hydrogen) atoms. The fraction of sp³-hybridized carbons (Fsp3) is 0.833. The number of aromatic nitrogens is 3. The third-order valence-corrected chi connectivity index (χ3v) is 3.71. The van der Waals surface area contributed by atoms with Gasteiger partial charge in [-0.15, -0.1) is 10.2 Å². The molecule has 4 heteroatoms. The quantitative estimate of drug-likeness (QED) is 0.851. The van der Waals surface area contributed by atoms with Crippen LogP contribution in [-0.4, -0.2) is 21.3 Å². The number of rotatable bonds is 3. The van der Waals surface area contributed by atoms with Crippen molar-refractivity contribution >= 4 is 0 Å². The molecule has 2 rings (SSSR count). The standard InChI is InChI=1S/C12H22N4/c1-5-9-10-14-15-11(12(3,4)6-2)16(10)8-7-13-9/h9,13H,5-8H2,1-4H3. The second kappa shape index (κ2) is 4.17. The Hall–Kier alpha value is -0.900. The summed E-state index contributed by atoms with van der Waals surface area (Å²) >= 11 is 0. The van der Waals surface area contributed by atoms with Gasteiger partial charge < -0.3 is 9.88 Å². The summed E-state index contributed by atoms with van der Waals surface area (Å²) in [6.07, 6.45) is 2.17. The lowest BCUT2D eigenvalue weighted by Crippen LogP contribution is -2.35. The van der Waals surface area contributed by atoms with Crippen molar-refractivity contribution < 1.29 is 0 Å². The molecule has 1 aliphatic rings. The molecule has 0 saturated carbocycles. The molecular formula is C12H22N4. The molecule has 0 bridgehead atoms. The molecule has 1 aromatic rings. The maximum absolute atomic E-state index is 4.41. The third kappa shape index (κ3) is 1.75. The van der Waals surface area contributed by atoms with Gasteiger partial charge in [-0.25, -0.2) is 0 Å². The van der Waals surface area contributed by atoms with Crippen LogP contribution < -0.4 is 5.32 Å². The molecule has 0 spiro atoms. The summed E-state index contributed by atoms with van der Waals surface area (Å²) in [7, 11) is 0. The Morgan fingerprint density at radius 3 is 2.75 bits per heavy atom. The molecule has 4 nitrogen and oxygen atoms in total. The van der Waals surface area contributed by atoms with E-state index in [2.05, 4.69) is 47.8 Å². The van der Waals surface area contributed by atoms with Crippen molar-refractivity contribution in [3.05, 3.63) is 11.6 Å². The minimum absolute atomic E-state index is 0.126. The monoisotopic (exact) mass is 222 g/mol. The lowest BCUT2D eigenvalue weighted by atomic mass is 9.89. The molecule has 0 saturated heterocycles. The molecule has 1 aliphatic heterocycles. The smallest absolute Gasteiger partial charge is 0.150 e. The van der Waals surface area contributed by atoms with Crippen molar-refractivity contribution in [3.63, 3.8) is 0 Å². The molecule has 1 atom stereocenters. The highest BCUT2D eigenvalue weighted by atomic mass is 15.3. The number of nitrogens with zero attached hydrogens (tertiary/aromatic N) is 3. The molecular weight excluding hydrogens is 200 g/mol. The molecule has 0 aromatic carbocycles. The van der Waals surface area contributed by atoms with Gasteiger partial charge in [0.05, 0.1) is 6.04 Å². The second-order valence-electron chi connectivity index (χ2n) is 5.19. The highest BCUT2D eigenvalue weighted by Crippen LogP contribution is 2.28. The first-order chi connectivity index (χ1) is 7.60. The van der Waals surface area contributed by atoms with Crippen molar-refractivity contribution in [1.29, 1.82) is 0 Å². The molecule has 90 valence electrons. The summed E-state index contributed by atoms with van der Waals surface area (Å²) in [6, 6.07) is 0.377. The van der Waals surface area contributed by atoms with Crippen LogP contribution in [-0.2, 0) is 12.0 Å². The lowest BCUT2D eigenvalue weighted by molar-refractivity contribution is 0.374. The summed E-state index contributed by atoms with van der Waals surface area (Å²) in [4.78, 5) is 0. The van der Waals surface area contributed by atoms with E-state index < -0.39 is 0 Å². The zero-order valence-corrected chi connectivity index (χ0v) is 10.7. The predicted molar refractivity (Wildman–Crippen MR) is 64.4 cm³/mol. The topological polar surface area (TPSA) is 42.7 Å². The van der Waals surface area contributed by atoms with Crippen LogP contribution in [0.5, 0.6) is 0 Å². The highest BCUT2D eigenvalue weighted by molar-refractivity contribution is 5.11. The fourth-order valence-corrected chi connectivity index (χ4v) is 2.22. The maximum atomic E-state index is 4.41. The van der Waals surface area contributed by atoms with Crippen molar-refractivity contribution in [1.82, 2.24) is 20.1 Å². The van der Waals surface area contributed by atoms with Crippen molar-refractivity contribution in [3.8, 4) is 0 Å². The van der Waals surface area contributed by atoms with Crippen LogP contribution in [0.2, 0.25) is 0 Å². The largest absolute Gasteiger partial charge is 0.312 e. The Bertz CT molecular complexity index is 367. The van der Waals surface area contributed by atoms with Crippen LogP contribution in [0, 0.1) is 0 Å². The lowest BCUT2D eigenvalue weighted by Gasteiger charge is -2.28. The average Bonchev–Trinajstić information content (AvgIpc) is 2.73. The van der Waals surface area contributed by atoms with E-state index in [0.29, 0.717) is 6.04 Å². The van der Waals surface area contributed by atoms with Gasteiger partial charge >= 0.3 is 0 Å². The first-order valence-electron chi connectivity index (χ1n) is 6.27. The normalized spacial score (nSPS) is 20.9. The minimum Gasteiger partial charge on any atom is -0.312 e. The van der Waals surface area contributed by atoms with E-state index in [1.807, 2.05) is 0 Å². The van der Waals surface area contributed by atoms with Gasteiger partial charge in [0.25, 0.3) is 0 Å². The van der Waals surface area contributed by atoms with Crippen LogP contribution in [0.15, 0.2) is 0 Å². The Kier molecular flexibility index (Phi) is 3.02. The number of fused-ring (bicyclic) bond motifs is 1. The van der Waals surface area contributed by atoms with Crippen molar-refractivity contribution in [2.45, 2.75) is 58.5 Å². The van der Waals surface area contributed by atoms with Gasteiger partial charge in [-0.2, -0.15) is 0 Å². The van der Waals surface area contributed by atoms with Gasteiger partial charge in [0.15, 0.2) is 0 Å². The first-order valence-corrected chi connectivity index (χ1v) is 6.27.